The molecule has 2 amide bonds. The van der Waals surface area contributed by atoms with E-state index in [9.17, 15) is 9.59 Å². The van der Waals surface area contributed by atoms with E-state index in [1.807, 2.05) is 25.1 Å². The van der Waals surface area contributed by atoms with Gasteiger partial charge >= 0.3 is 0 Å². The number of hydrogen-bond donors (Lipinski definition) is 1. The molecular formula is C31H42ClN5O3. The van der Waals surface area contributed by atoms with Crippen molar-refractivity contribution in [3.63, 3.8) is 0 Å². The van der Waals surface area contributed by atoms with E-state index in [4.69, 9.17) is 21.3 Å². The first-order valence-corrected chi connectivity index (χ1v) is 15.0. The van der Waals surface area contributed by atoms with Crippen LogP contribution in [0.4, 0.5) is 5.82 Å². The lowest BCUT2D eigenvalue weighted by atomic mass is 10.00. The highest BCUT2D eigenvalue weighted by Gasteiger charge is 2.52. The SMILES string of the molecule is CCCCc1cc(C(=O)N(C)C)cc(NC2OC2C2CCC(=O)N2C2CCN(Cc3ccc(Cl)c(C)c3)CC2)n1. The zero-order valence-corrected chi connectivity index (χ0v) is 24.9. The molecule has 3 fully saturated rings. The van der Waals surface area contributed by atoms with E-state index in [0.717, 1.165) is 74.4 Å². The van der Waals surface area contributed by atoms with E-state index < -0.39 is 0 Å². The van der Waals surface area contributed by atoms with E-state index in [1.54, 1.807) is 19.0 Å². The molecule has 0 bridgehead atoms. The fourth-order valence-electron chi connectivity index (χ4n) is 6.15. The molecule has 3 unspecified atom stereocenters. The number of nitrogens with zero attached hydrogens (tertiary/aromatic N) is 4. The topological polar surface area (TPSA) is 81.3 Å². The van der Waals surface area contributed by atoms with Crippen LogP contribution in [0.25, 0.3) is 0 Å². The molecule has 9 heteroatoms. The molecule has 1 aromatic heterocycles. The summed E-state index contributed by atoms with van der Waals surface area (Å²) in [6.07, 6.45) is 5.98. The Hall–Kier alpha value is -2.68. The molecule has 4 heterocycles. The lowest BCUT2D eigenvalue weighted by Gasteiger charge is -2.39. The molecule has 0 radical (unpaired) electrons. The molecule has 0 spiro atoms. The van der Waals surface area contributed by atoms with Crippen LogP contribution in [0, 0.1) is 6.92 Å². The maximum absolute atomic E-state index is 13.0. The van der Waals surface area contributed by atoms with Crippen molar-refractivity contribution in [1.29, 1.82) is 0 Å². The molecule has 3 atom stereocenters. The van der Waals surface area contributed by atoms with Crippen molar-refractivity contribution in [1.82, 2.24) is 19.7 Å². The van der Waals surface area contributed by atoms with E-state index in [0.29, 0.717) is 17.8 Å². The molecule has 5 rings (SSSR count). The molecular weight excluding hydrogens is 526 g/mol. The highest BCUT2D eigenvalue weighted by Crippen LogP contribution is 2.38. The number of unbranched alkanes of at least 4 members (excludes halogenated alkanes) is 1. The van der Waals surface area contributed by atoms with Crippen LogP contribution >= 0.6 is 11.6 Å². The Bertz CT molecular complexity index is 1230. The Balaban J connectivity index is 1.19. The second kappa shape index (κ2) is 12.5. The van der Waals surface area contributed by atoms with Crippen LogP contribution < -0.4 is 5.32 Å². The summed E-state index contributed by atoms with van der Waals surface area (Å²) >= 11 is 6.20. The third-order valence-electron chi connectivity index (χ3n) is 8.39. The van der Waals surface area contributed by atoms with Crippen molar-refractivity contribution in [2.24, 2.45) is 0 Å². The number of pyridine rings is 1. The number of ether oxygens (including phenoxy) is 1. The lowest BCUT2D eigenvalue weighted by molar-refractivity contribution is -0.132. The van der Waals surface area contributed by atoms with Crippen molar-refractivity contribution >= 4 is 29.2 Å². The molecule has 3 saturated heterocycles. The van der Waals surface area contributed by atoms with Gasteiger partial charge in [-0.15, -0.1) is 0 Å². The zero-order valence-electron chi connectivity index (χ0n) is 24.2. The molecule has 40 heavy (non-hydrogen) atoms. The van der Waals surface area contributed by atoms with Crippen LogP contribution in [0.1, 0.15) is 72.6 Å². The van der Waals surface area contributed by atoms with Gasteiger partial charge < -0.3 is 19.9 Å². The number of rotatable bonds is 10. The van der Waals surface area contributed by atoms with Gasteiger partial charge in [-0.2, -0.15) is 0 Å². The molecule has 1 aromatic carbocycles. The first-order valence-electron chi connectivity index (χ1n) is 14.7. The zero-order chi connectivity index (χ0) is 28.4. The number of benzene rings is 1. The number of carbonyl (C=O) groups excluding carboxylic acids is 2. The van der Waals surface area contributed by atoms with Crippen molar-refractivity contribution in [3.05, 3.63) is 57.7 Å². The minimum absolute atomic E-state index is 0.0402. The summed E-state index contributed by atoms with van der Waals surface area (Å²) in [6, 6.07) is 10.3. The summed E-state index contributed by atoms with van der Waals surface area (Å²) in [7, 11) is 3.52. The van der Waals surface area contributed by atoms with Gasteiger partial charge in [-0.25, -0.2) is 4.98 Å². The monoisotopic (exact) mass is 567 g/mol. The minimum atomic E-state index is -0.206. The summed E-state index contributed by atoms with van der Waals surface area (Å²) in [4.78, 5) is 36.7. The Labute approximate surface area is 243 Å². The van der Waals surface area contributed by atoms with Gasteiger partial charge in [-0.3, -0.25) is 14.5 Å². The maximum Gasteiger partial charge on any atom is 0.253 e. The smallest absolute Gasteiger partial charge is 0.253 e. The number of carbonyl (C=O) groups is 2. The minimum Gasteiger partial charge on any atom is -0.346 e. The number of epoxide rings is 1. The summed E-state index contributed by atoms with van der Waals surface area (Å²) in [5.41, 5.74) is 3.92. The van der Waals surface area contributed by atoms with Gasteiger partial charge in [-0.1, -0.05) is 37.1 Å². The quantitative estimate of drug-likeness (QED) is 0.412. The summed E-state index contributed by atoms with van der Waals surface area (Å²) in [6.45, 7) is 7.03. The highest BCUT2D eigenvalue weighted by atomic mass is 35.5. The van der Waals surface area contributed by atoms with Crippen molar-refractivity contribution < 1.29 is 14.3 Å². The Kier molecular flexibility index (Phi) is 8.98. The van der Waals surface area contributed by atoms with Gasteiger partial charge in [0.1, 0.15) is 11.9 Å². The van der Waals surface area contributed by atoms with Gasteiger partial charge in [0.15, 0.2) is 6.23 Å². The van der Waals surface area contributed by atoms with Crippen LogP contribution in [-0.2, 0) is 22.5 Å². The van der Waals surface area contributed by atoms with Crippen molar-refractivity contribution in [2.45, 2.75) is 89.8 Å². The molecule has 216 valence electrons. The average molecular weight is 568 g/mol. The van der Waals surface area contributed by atoms with Crippen LogP contribution in [-0.4, -0.2) is 83.1 Å². The number of aromatic nitrogens is 1. The van der Waals surface area contributed by atoms with Gasteiger partial charge in [0.2, 0.25) is 5.91 Å². The van der Waals surface area contributed by atoms with Crippen LogP contribution in [0.2, 0.25) is 5.02 Å². The summed E-state index contributed by atoms with van der Waals surface area (Å²) in [5, 5.41) is 4.22. The van der Waals surface area contributed by atoms with Gasteiger partial charge in [-0.05, 0) is 68.4 Å². The van der Waals surface area contributed by atoms with Crippen LogP contribution in [0.5, 0.6) is 0 Å². The number of nitrogens with one attached hydrogen (secondary N) is 1. The van der Waals surface area contributed by atoms with E-state index in [1.165, 1.54) is 5.56 Å². The number of anilines is 1. The van der Waals surface area contributed by atoms with Crippen LogP contribution in [0.15, 0.2) is 30.3 Å². The van der Waals surface area contributed by atoms with Crippen LogP contribution in [0.3, 0.4) is 0 Å². The molecule has 0 saturated carbocycles. The predicted molar refractivity (Wildman–Crippen MR) is 158 cm³/mol. The molecule has 0 aliphatic carbocycles. The van der Waals surface area contributed by atoms with Gasteiger partial charge in [0, 0.05) is 62.5 Å². The van der Waals surface area contributed by atoms with E-state index >= 15 is 0 Å². The second-order valence-electron chi connectivity index (χ2n) is 11.7. The molecule has 1 N–H and O–H groups in total. The average Bonchev–Trinajstić information content (AvgIpc) is 3.59. The van der Waals surface area contributed by atoms with Gasteiger partial charge in [0.05, 0.1) is 6.04 Å². The number of aryl methyl sites for hydroxylation is 2. The third-order valence-corrected chi connectivity index (χ3v) is 8.82. The fraction of sp³-hybridized carbons (Fsp3) is 0.581. The molecule has 2 aromatic rings. The van der Waals surface area contributed by atoms with E-state index in [-0.39, 0.29) is 36.2 Å². The lowest BCUT2D eigenvalue weighted by Crippen LogP contribution is -2.50. The molecule has 8 nitrogen and oxygen atoms in total. The fourth-order valence-corrected chi connectivity index (χ4v) is 6.27. The number of hydrogen-bond acceptors (Lipinski definition) is 6. The number of piperidine rings is 1. The highest BCUT2D eigenvalue weighted by molar-refractivity contribution is 6.31. The molecule has 3 aliphatic heterocycles. The predicted octanol–water partition coefficient (Wildman–Crippen LogP) is 4.88. The van der Waals surface area contributed by atoms with E-state index in [2.05, 4.69) is 34.2 Å². The number of halogens is 1. The Morgan fingerprint density at radius 3 is 2.65 bits per heavy atom. The largest absolute Gasteiger partial charge is 0.346 e. The Morgan fingerprint density at radius 1 is 1.18 bits per heavy atom. The van der Waals surface area contributed by atoms with Crippen molar-refractivity contribution in [2.75, 3.05) is 32.5 Å². The first kappa shape index (κ1) is 28.8. The summed E-state index contributed by atoms with van der Waals surface area (Å²) in [5.74, 6) is 0.860. The van der Waals surface area contributed by atoms with Crippen molar-refractivity contribution in [3.8, 4) is 0 Å². The molecule has 3 aliphatic rings. The maximum atomic E-state index is 13.0. The standard InChI is InChI=1S/C31H42ClN5O3/c1-5-6-7-23-17-22(31(39)35(3)4)18-27(33-23)34-30-29(40-30)26-10-11-28(38)37(26)24-12-14-36(15-13-24)19-21-8-9-25(32)20(2)16-21/h8-9,16-18,24,26,29-30H,5-7,10-15,19H2,1-4H3,(H,33,34). The number of amides is 2. The Morgan fingerprint density at radius 2 is 1.95 bits per heavy atom. The summed E-state index contributed by atoms with van der Waals surface area (Å²) < 4.78 is 6.10. The van der Waals surface area contributed by atoms with Gasteiger partial charge in [0.25, 0.3) is 5.91 Å². The normalized spacial score (nSPS) is 23.5. The number of likely N-dealkylation sites (tertiary alicyclic amines) is 2. The second-order valence-corrected chi connectivity index (χ2v) is 12.1. The first-order chi connectivity index (χ1) is 19.2. The third kappa shape index (κ3) is 6.61.